The molecular weight excluding hydrogens is 316 g/mol. The maximum Gasteiger partial charge on any atom is 0.168 e. The van der Waals surface area contributed by atoms with E-state index in [4.69, 9.17) is 4.74 Å². The van der Waals surface area contributed by atoms with Gasteiger partial charge in [-0.25, -0.2) is 14.6 Å². The Balaban J connectivity index is 1.82. The molecular formula is C18H24N6O. The standard InChI is InChI=1S/C18H24N6O/c1-4-23(5-2)11-10-19-17-16-12-22-24(18(16)21-13-20-17)14-6-8-15(25-3)9-7-14/h6-9,12-13H,4-5,10-11H2,1-3H3,(H,19,20,21). The minimum Gasteiger partial charge on any atom is -0.497 e. The van der Waals surface area contributed by atoms with E-state index < -0.39 is 0 Å². The van der Waals surface area contributed by atoms with Gasteiger partial charge in [-0.15, -0.1) is 0 Å². The summed E-state index contributed by atoms with van der Waals surface area (Å²) in [6.07, 6.45) is 3.38. The number of rotatable bonds is 8. The summed E-state index contributed by atoms with van der Waals surface area (Å²) in [5.74, 6) is 1.63. The molecule has 0 saturated carbocycles. The van der Waals surface area contributed by atoms with Crippen molar-refractivity contribution in [2.24, 2.45) is 0 Å². The molecule has 0 aliphatic heterocycles. The van der Waals surface area contributed by atoms with E-state index in [0.717, 1.165) is 54.5 Å². The molecule has 3 aromatic rings. The van der Waals surface area contributed by atoms with Crippen LogP contribution >= 0.6 is 0 Å². The highest BCUT2D eigenvalue weighted by Crippen LogP contribution is 2.22. The lowest BCUT2D eigenvalue weighted by atomic mass is 10.3. The monoisotopic (exact) mass is 340 g/mol. The number of aromatic nitrogens is 4. The summed E-state index contributed by atoms with van der Waals surface area (Å²) in [5.41, 5.74) is 1.72. The summed E-state index contributed by atoms with van der Waals surface area (Å²) in [4.78, 5) is 11.1. The molecule has 7 nitrogen and oxygen atoms in total. The lowest BCUT2D eigenvalue weighted by molar-refractivity contribution is 0.316. The van der Waals surface area contributed by atoms with E-state index in [1.165, 1.54) is 0 Å². The van der Waals surface area contributed by atoms with Crippen molar-refractivity contribution in [3.05, 3.63) is 36.8 Å². The molecule has 0 aliphatic rings. The Kier molecular flexibility index (Phi) is 5.45. The van der Waals surface area contributed by atoms with Crippen molar-refractivity contribution >= 4 is 16.9 Å². The third-order valence-corrected chi connectivity index (χ3v) is 4.30. The number of benzene rings is 1. The Bertz CT molecular complexity index is 810. The first-order chi connectivity index (χ1) is 12.3. The Labute approximate surface area is 147 Å². The van der Waals surface area contributed by atoms with Gasteiger partial charge in [-0.1, -0.05) is 13.8 Å². The average molecular weight is 340 g/mol. The van der Waals surface area contributed by atoms with E-state index in [1.54, 1.807) is 19.6 Å². The lowest BCUT2D eigenvalue weighted by Crippen LogP contribution is -2.28. The second kappa shape index (κ2) is 7.94. The smallest absolute Gasteiger partial charge is 0.168 e. The number of methoxy groups -OCH3 is 1. The number of nitrogens with one attached hydrogen (secondary N) is 1. The molecule has 0 unspecified atom stereocenters. The number of ether oxygens (including phenoxy) is 1. The van der Waals surface area contributed by atoms with Crippen molar-refractivity contribution in [2.45, 2.75) is 13.8 Å². The highest BCUT2D eigenvalue weighted by molar-refractivity contribution is 5.87. The van der Waals surface area contributed by atoms with E-state index in [2.05, 4.69) is 39.1 Å². The van der Waals surface area contributed by atoms with Gasteiger partial charge in [-0.05, 0) is 37.4 Å². The number of anilines is 1. The van der Waals surface area contributed by atoms with E-state index >= 15 is 0 Å². The Morgan fingerprint density at radius 2 is 1.88 bits per heavy atom. The fraction of sp³-hybridized carbons (Fsp3) is 0.389. The number of nitrogens with zero attached hydrogens (tertiary/aromatic N) is 5. The average Bonchev–Trinajstić information content (AvgIpc) is 3.10. The van der Waals surface area contributed by atoms with Crippen LogP contribution in [0.1, 0.15) is 13.8 Å². The Morgan fingerprint density at radius 1 is 1.12 bits per heavy atom. The van der Waals surface area contributed by atoms with E-state index in [1.807, 2.05) is 28.9 Å². The van der Waals surface area contributed by atoms with Crippen molar-refractivity contribution < 1.29 is 4.74 Å². The van der Waals surface area contributed by atoms with Gasteiger partial charge in [0, 0.05) is 13.1 Å². The third kappa shape index (κ3) is 3.71. The number of hydrogen-bond donors (Lipinski definition) is 1. The number of fused-ring (bicyclic) bond motifs is 1. The second-order valence-electron chi connectivity index (χ2n) is 5.67. The molecule has 1 N–H and O–H groups in total. The van der Waals surface area contributed by atoms with E-state index in [0.29, 0.717) is 0 Å². The zero-order chi connectivity index (χ0) is 17.6. The van der Waals surface area contributed by atoms with Crippen LogP contribution in [0.15, 0.2) is 36.8 Å². The Morgan fingerprint density at radius 3 is 2.56 bits per heavy atom. The fourth-order valence-electron chi connectivity index (χ4n) is 2.77. The summed E-state index contributed by atoms with van der Waals surface area (Å²) in [7, 11) is 1.65. The van der Waals surface area contributed by atoms with Crippen molar-refractivity contribution in [2.75, 3.05) is 38.6 Å². The first-order valence-corrected chi connectivity index (χ1v) is 8.56. The first-order valence-electron chi connectivity index (χ1n) is 8.56. The normalized spacial score (nSPS) is 11.2. The first kappa shape index (κ1) is 17.2. The maximum atomic E-state index is 5.21. The van der Waals surface area contributed by atoms with Crippen molar-refractivity contribution in [1.29, 1.82) is 0 Å². The molecule has 1 aromatic carbocycles. The largest absolute Gasteiger partial charge is 0.497 e. The van der Waals surface area contributed by atoms with E-state index in [-0.39, 0.29) is 0 Å². The van der Waals surface area contributed by atoms with Gasteiger partial charge in [0.1, 0.15) is 17.9 Å². The van der Waals surface area contributed by atoms with Crippen LogP contribution in [0.2, 0.25) is 0 Å². The van der Waals surface area contributed by atoms with Gasteiger partial charge < -0.3 is 15.0 Å². The molecule has 2 heterocycles. The SMILES string of the molecule is CCN(CC)CCNc1ncnc2c1cnn2-c1ccc(OC)cc1. The molecule has 7 heteroatoms. The lowest BCUT2D eigenvalue weighted by Gasteiger charge is -2.18. The number of hydrogen-bond acceptors (Lipinski definition) is 6. The molecule has 0 bridgehead atoms. The van der Waals surface area contributed by atoms with Gasteiger partial charge in [0.15, 0.2) is 5.65 Å². The summed E-state index contributed by atoms with van der Waals surface area (Å²) < 4.78 is 7.02. The molecule has 0 fully saturated rings. The van der Waals surface area contributed by atoms with Crippen LogP contribution in [-0.4, -0.2) is 57.9 Å². The van der Waals surface area contributed by atoms with Crippen LogP contribution in [0, 0.1) is 0 Å². The van der Waals surface area contributed by atoms with E-state index in [9.17, 15) is 0 Å². The van der Waals surface area contributed by atoms with Gasteiger partial charge >= 0.3 is 0 Å². The Hall–Kier alpha value is -2.67. The second-order valence-corrected chi connectivity index (χ2v) is 5.67. The van der Waals surface area contributed by atoms with Gasteiger partial charge in [0.05, 0.1) is 24.4 Å². The maximum absolute atomic E-state index is 5.21. The van der Waals surface area contributed by atoms with Crippen LogP contribution in [-0.2, 0) is 0 Å². The molecule has 0 spiro atoms. The topological polar surface area (TPSA) is 68.1 Å². The van der Waals surface area contributed by atoms with Crippen LogP contribution in [0.25, 0.3) is 16.7 Å². The minimum atomic E-state index is 0.783. The van der Waals surface area contributed by atoms with Crippen LogP contribution in [0.5, 0.6) is 5.75 Å². The number of likely N-dealkylation sites (N-methyl/N-ethyl adjacent to an activating group) is 1. The summed E-state index contributed by atoms with van der Waals surface area (Å²) in [5, 5.41) is 8.80. The van der Waals surface area contributed by atoms with Crippen molar-refractivity contribution in [3.8, 4) is 11.4 Å². The van der Waals surface area contributed by atoms with Crippen molar-refractivity contribution in [3.63, 3.8) is 0 Å². The quantitative estimate of drug-likeness (QED) is 0.680. The molecule has 0 aliphatic carbocycles. The van der Waals surface area contributed by atoms with Crippen LogP contribution in [0.4, 0.5) is 5.82 Å². The van der Waals surface area contributed by atoms with Crippen LogP contribution < -0.4 is 10.1 Å². The molecule has 0 amide bonds. The highest BCUT2D eigenvalue weighted by atomic mass is 16.5. The zero-order valence-corrected chi connectivity index (χ0v) is 14.9. The molecule has 2 aromatic heterocycles. The molecule has 3 rings (SSSR count). The minimum absolute atomic E-state index is 0.783. The van der Waals surface area contributed by atoms with Gasteiger partial charge in [0.25, 0.3) is 0 Å². The summed E-state index contributed by atoms with van der Waals surface area (Å²) in [6, 6.07) is 7.74. The molecule has 0 atom stereocenters. The van der Waals surface area contributed by atoms with Crippen molar-refractivity contribution in [1.82, 2.24) is 24.6 Å². The summed E-state index contributed by atoms with van der Waals surface area (Å²) >= 11 is 0. The van der Waals surface area contributed by atoms with Gasteiger partial charge in [-0.3, -0.25) is 0 Å². The predicted octanol–water partition coefficient (Wildman–Crippen LogP) is 2.58. The molecule has 0 radical (unpaired) electrons. The highest BCUT2D eigenvalue weighted by Gasteiger charge is 2.11. The zero-order valence-electron chi connectivity index (χ0n) is 14.9. The van der Waals surface area contributed by atoms with Crippen LogP contribution in [0.3, 0.4) is 0 Å². The predicted molar refractivity (Wildman–Crippen MR) is 99.5 cm³/mol. The van der Waals surface area contributed by atoms with Gasteiger partial charge in [0.2, 0.25) is 0 Å². The third-order valence-electron chi connectivity index (χ3n) is 4.30. The summed E-state index contributed by atoms with van der Waals surface area (Å²) in [6.45, 7) is 8.25. The fourth-order valence-corrected chi connectivity index (χ4v) is 2.77. The van der Waals surface area contributed by atoms with Gasteiger partial charge in [-0.2, -0.15) is 5.10 Å². The molecule has 25 heavy (non-hydrogen) atoms. The molecule has 132 valence electrons. The molecule has 0 saturated heterocycles.